The minimum atomic E-state index is 0.788. The molecular weight excluding hydrogens is 248 g/mol. The van der Waals surface area contributed by atoms with Gasteiger partial charge >= 0.3 is 0 Å². The van der Waals surface area contributed by atoms with Crippen LogP contribution < -0.4 is 10.2 Å². The van der Waals surface area contributed by atoms with E-state index in [2.05, 4.69) is 61.4 Å². The van der Waals surface area contributed by atoms with Gasteiger partial charge in [-0.15, -0.1) is 0 Å². The highest BCUT2D eigenvalue weighted by Gasteiger charge is 2.09. The Labute approximate surface area is 121 Å². The van der Waals surface area contributed by atoms with Gasteiger partial charge in [-0.3, -0.25) is 0 Å². The first-order valence-electron chi connectivity index (χ1n) is 7.17. The molecule has 1 aromatic carbocycles. The summed E-state index contributed by atoms with van der Waals surface area (Å²) in [6.07, 6.45) is 0. The average Bonchev–Trinajstić information content (AvgIpc) is 2.77. The van der Waals surface area contributed by atoms with Crippen LogP contribution >= 0.6 is 0 Å². The summed E-state index contributed by atoms with van der Waals surface area (Å²) in [5.74, 6) is 2.02. The van der Waals surface area contributed by atoms with Crippen LogP contribution in [0.3, 0.4) is 0 Å². The first-order chi connectivity index (χ1) is 9.60. The molecule has 0 bridgehead atoms. The van der Waals surface area contributed by atoms with Gasteiger partial charge in [0.15, 0.2) is 0 Å². The van der Waals surface area contributed by atoms with Gasteiger partial charge in [0, 0.05) is 24.8 Å². The Kier molecular flexibility index (Phi) is 4.85. The molecule has 1 N–H and O–H groups in total. The van der Waals surface area contributed by atoms with Gasteiger partial charge in [-0.1, -0.05) is 24.6 Å². The predicted octanol–water partition coefficient (Wildman–Crippen LogP) is 3.64. The van der Waals surface area contributed by atoms with Crippen molar-refractivity contribution in [2.45, 2.75) is 33.9 Å². The van der Waals surface area contributed by atoms with Crippen LogP contribution in [0.2, 0.25) is 0 Å². The molecule has 0 aliphatic rings. The van der Waals surface area contributed by atoms with Crippen LogP contribution in [0.15, 0.2) is 34.7 Å². The summed E-state index contributed by atoms with van der Waals surface area (Å²) in [4.78, 5) is 2.20. The lowest BCUT2D eigenvalue weighted by atomic mass is 10.2. The highest BCUT2D eigenvalue weighted by atomic mass is 16.3. The highest BCUT2D eigenvalue weighted by molar-refractivity contribution is 5.47. The Balaban J connectivity index is 2.04. The molecule has 1 heterocycles. The van der Waals surface area contributed by atoms with Crippen molar-refractivity contribution >= 4 is 5.69 Å². The molecule has 108 valence electrons. The fourth-order valence-electron chi connectivity index (χ4n) is 2.22. The lowest BCUT2D eigenvalue weighted by Gasteiger charge is -2.17. The zero-order chi connectivity index (χ0) is 14.5. The summed E-state index contributed by atoms with van der Waals surface area (Å²) < 4.78 is 5.85. The molecule has 3 nitrogen and oxygen atoms in total. The number of nitrogens with one attached hydrogen (secondary N) is 1. The number of aryl methyl sites for hydroxylation is 2. The maximum absolute atomic E-state index is 5.85. The van der Waals surface area contributed by atoms with Crippen LogP contribution in [0.4, 0.5) is 5.69 Å². The largest absolute Gasteiger partial charge is 0.464 e. The second kappa shape index (κ2) is 6.62. The van der Waals surface area contributed by atoms with Gasteiger partial charge in [-0.2, -0.15) is 0 Å². The van der Waals surface area contributed by atoms with Gasteiger partial charge in [-0.05, 0) is 38.6 Å². The second-order valence-corrected chi connectivity index (χ2v) is 5.27. The maximum Gasteiger partial charge on any atom is 0.123 e. The van der Waals surface area contributed by atoms with Gasteiger partial charge in [-0.25, -0.2) is 0 Å². The predicted molar refractivity (Wildman–Crippen MR) is 84.1 cm³/mol. The fraction of sp³-hybridized carbons (Fsp3) is 0.412. The summed E-state index contributed by atoms with van der Waals surface area (Å²) in [6, 6.07) is 10.7. The molecule has 0 amide bonds. The smallest absolute Gasteiger partial charge is 0.123 e. The van der Waals surface area contributed by atoms with Crippen LogP contribution in [0.5, 0.6) is 0 Å². The normalized spacial score (nSPS) is 10.8. The van der Waals surface area contributed by atoms with Crippen molar-refractivity contribution < 1.29 is 4.42 Å². The molecule has 0 atom stereocenters. The van der Waals surface area contributed by atoms with Gasteiger partial charge in [0.25, 0.3) is 0 Å². The van der Waals surface area contributed by atoms with E-state index in [1.807, 2.05) is 6.92 Å². The number of anilines is 1. The fourth-order valence-corrected chi connectivity index (χ4v) is 2.22. The molecule has 0 aliphatic heterocycles. The van der Waals surface area contributed by atoms with Crippen LogP contribution in [0.1, 0.15) is 29.6 Å². The molecule has 0 saturated heterocycles. The summed E-state index contributed by atoms with van der Waals surface area (Å²) in [5, 5.41) is 3.34. The van der Waals surface area contributed by atoms with E-state index in [1.54, 1.807) is 0 Å². The Morgan fingerprint density at radius 1 is 1.15 bits per heavy atom. The van der Waals surface area contributed by atoms with Crippen LogP contribution in [0, 0.1) is 13.8 Å². The van der Waals surface area contributed by atoms with Crippen molar-refractivity contribution in [1.82, 2.24) is 5.32 Å². The molecule has 0 aliphatic carbocycles. The summed E-state index contributed by atoms with van der Waals surface area (Å²) in [5.41, 5.74) is 3.74. The summed E-state index contributed by atoms with van der Waals surface area (Å²) in [7, 11) is 2.09. The number of rotatable bonds is 6. The van der Waals surface area contributed by atoms with Crippen molar-refractivity contribution in [2.75, 3.05) is 18.5 Å². The lowest BCUT2D eigenvalue weighted by molar-refractivity contribution is 0.478. The van der Waals surface area contributed by atoms with Crippen molar-refractivity contribution in [3.63, 3.8) is 0 Å². The first kappa shape index (κ1) is 14.7. The second-order valence-electron chi connectivity index (χ2n) is 5.27. The van der Waals surface area contributed by atoms with Crippen molar-refractivity contribution in [3.8, 4) is 0 Å². The van der Waals surface area contributed by atoms with Gasteiger partial charge in [0.2, 0.25) is 0 Å². The quantitative estimate of drug-likeness (QED) is 0.870. The van der Waals surface area contributed by atoms with Crippen LogP contribution in [-0.2, 0) is 13.1 Å². The van der Waals surface area contributed by atoms with E-state index in [0.717, 1.165) is 31.2 Å². The van der Waals surface area contributed by atoms with Crippen LogP contribution in [-0.4, -0.2) is 13.6 Å². The molecule has 1 aromatic heterocycles. The minimum Gasteiger partial charge on any atom is -0.464 e. The van der Waals surface area contributed by atoms with Crippen molar-refractivity contribution in [1.29, 1.82) is 0 Å². The van der Waals surface area contributed by atoms with E-state index in [4.69, 9.17) is 4.42 Å². The highest BCUT2D eigenvalue weighted by Crippen LogP contribution is 2.20. The number of nitrogens with zero attached hydrogens (tertiary/aromatic N) is 1. The summed E-state index contributed by atoms with van der Waals surface area (Å²) >= 11 is 0. The average molecular weight is 272 g/mol. The third-order valence-corrected chi connectivity index (χ3v) is 3.50. The standard InChI is InChI=1S/C17H24N2O/c1-5-18-11-15-10-17(20-14(15)3)12-19(4)16-8-6-13(2)7-9-16/h6-10,18H,5,11-12H2,1-4H3. The molecule has 3 heteroatoms. The van der Waals surface area contributed by atoms with E-state index in [1.165, 1.54) is 16.8 Å². The summed E-state index contributed by atoms with van der Waals surface area (Å²) in [6.45, 7) is 8.88. The third-order valence-electron chi connectivity index (χ3n) is 3.50. The Morgan fingerprint density at radius 3 is 2.50 bits per heavy atom. The monoisotopic (exact) mass is 272 g/mol. The van der Waals surface area contributed by atoms with Gasteiger partial charge in [0.05, 0.1) is 6.54 Å². The number of benzene rings is 1. The Bertz CT molecular complexity index is 543. The number of hydrogen-bond acceptors (Lipinski definition) is 3. The van der Waals surface area contributed by atoms with Crippen molar-refractivity contribution in [3.05, 3.63) is 53.0 Å². The minimum absolute atomic E-state index is 0.788. The third kappa shape index (κ3) is 3.64. The van der Waals surface area contributed by atoms with Crippen molar-refractivity contribution in [2.24, 2.45) is 0 Å². The maximum atomic E-state index is 5.85. The van der Waals surface area contributed by atoms with E-state index < -0.39 is 0 Å². The zero-order valence-corrected chi connectivity index (χ0v) is 12.9. The van der Waals surface area contributed by atoms with Crippen LogP contribution in [0.25, 0.3) is 0 Å². The SMILES string of the molecule is CCNCc1cc(CN(C)c2ccc(C)cc2)oc1C. The van der Waals surface area contributed by atoms with E-state index in [9.17, 15) is 0 Å². The van der Waals surface area contributed by atoms with E-state index in [-0.39, 0.29) is 0 Å². The van der Waals surface area contributed by atoms with E-state index >= 15 is 0 Å². The number of hydrogen-bond donors (Lipinski definition) is 1. The first-order valence-corrected chi connectivity index (χ1v) is 7.17. The molecular formula is C17H24N2O. The molecule has 0 fully saturated rings. The molecule has 0 saturated carbocycles. The molecule has 2 rings (SSSR count). The molecule has 2 aromatic rings. The Hall–Kier alpha value is -1.74. The van der Waals surface area contributed by atoms with Gasteiger partial charge in [0.1, 0.15) is 11.5 Å². The number of furan rings is 1. The molecule has 0 spiro atoms. The lowest BCUT2D eigenvalue weighted by Crippen LogP contribution is -2.15. The molecule has 20 heavy (non-hydrogen) atoms. The van der Waals surface area contributed by atoms with E-state index in [0.29, 0.717) is 0 Å². The zero-order valence-electron chi connectivity index (χ0n) is 12.9. The topological polar surface area (TPSA) is 28.4 Å². The molecule has 0 unspecified atom stereocenters. The Morgan fingerprint density at radius 2 is 1.85 bits per heavy atom. The van der Waals surface area contributed by atoms with Gasteiger partial charge < -0.3 is 14.6 Å². The molecule has 0 radical (unpaired) electrons.